The van der Waals surface area contributed by atoms with Crippen LogP contribution in [0, 0.1) is 5.92 Å². The van der Waals surface area contributed by atoms with Gasteiger partial charge in [-0.25, -0.2) is 0 Å². The van der Waals surface area contributed by atoms with Gasteiger partial charge in [0.15, 0.2) is 5.78 Å². The summed E-state index contributed by atoms with van der Waals surface area (Å²) in [6, 6.07) is 8.65. The van der Waals surface area contributed by atoms with Crippen molar-refractivity contribution in [3.63, 3.8) is 0 Å². The first kappa shape index (κ1) is 11.6. The summed E-state index contributed by atoms with van der Waals surface area (Å²) in [6.45, 7) is 1.51. The molecule has 1 aromatic rings. The molecule has 0 amide bonds. The fourth-order valence-corrected chi connectivity index (χ4v) is 2.00. The van der Waals surface area contributed by atoms with Crippen molar-refractivity contribution in [2.45, 2.75) is 12.5 Å². The van der Waals surface area contributed by atoms with Crippen LogP contribution in [0.2, 0.25) is 0 Å². The Morgan fingerprint density at radius 1 is 1.29 bits per heavy atom. The average molecular weight is 230 g/mol. The van der Waals surface area contributed by atoms with E-state index in [0.29, 0.717) is 5.56 Å². The second-order valence-electron chi connectivity index (χ2n) is 4.34. The second kappa shape index (κ2) is 4.18. The molecule has 0 bridgehead atoms. The molecular formula is C14H14O3. The van der Waals surface area contributed by atoms with Crippen LogP contribution in [0.5, 0.6) is 0 Å². The minimum Gasteiger partial charge on any atom is -0.511 e. The zero-order valence-electron chi connectivity index (χ0n) is 9.50. The van der Waals surface area contributed by atoms with Crippen LogP contribution in [0.15, 0.2) is 54.3 Å². The van der Waals surface area contributed by atoms with E-state index in [-0.39, 0.29) is 11.5 Å². The van der Waals surface area contributed by atoms with E-state index < -0.39 is 11.5 Å². The summed E-state index contributed by atoms with van der Waals surface area (Å²) in [4.78, 5) is 12.2. The predicted octanol–water partition coefficient (Wildman–Crippen LogP) is 2.25. The first-order valence-corrected chi connectivity index (χ1v) is 5.42. The van der Waals surface area contributed by atoms with Crippen LogP contribution in [0.4, 0.5) is 0 Å². The van der Waals surface area contributed by atoms with E-state index in [0.717, 1.165) is 0 Å². The first-order valence-electron chi connectivity index (χ1n) is 5.42. The maximum absolute atomic E-state index is 12.2. The molecule has 1 aliphatic carbocycles. The number of Topliss-reactive ketones (excluding diaryl/α,β-unsaturated/α-hetero) is 1. The Bertz CT molecular complexity index is 483. The minimum atomic E-state index is -1.36. The first-order chi connectivity index (χ1) is 8.02. The lowest BCUT2D eigenvalue weighted by Gasteiger charge is -2.30. The highest BCUT2D eigenvalue weighted by molar-refractivity contribution is 6.00. The number of rotatable bonds is 2. The smallest absolute Gasteiger partial charge is 0.176 e. The molecular weight excluding hydrogens is 216 g/mol. The molecule has 0 aromatic heterocycles. The Balaban J connectivity index is 2.37. The molecule has 2 atom stereocenters. The molecule has 2 rings (SSSR count). The molecule has 88 valence electrons. The Kier molecular flexibility index (Phi) is 2.86. The number of allylic oxidation sites excluding steroid dienone is 2. The van der Waals surface area contributed by atoms with Crippen molar-refractivity contribution in [1.82, 2.24) is 0 Å². The van der Waals surface area contributed by atoms with Crippen molar-refractivity contribution in [3.05, 3.63) is 59.9 Å². The highest BCUT2D eigenvalue weighted by atomic mass is 16.3. The largest absolute Gasteiger partial charge is 0.511 e. The lowest BCUT2D eigenvalue weighted by Crippen LogP contribution is -2.40. The fourth-order valence-electron chi connectivity index (χ4n) is 2.00. The molecule has 0 aliphatic heterocycles. The SMILES string of the molecule is C[C@@]1(O)C=CC=C(O)[C@H]1C(=O)c1ccccc1. The van der Waals surface area contributed by atoms with Gasteiger partial charge in [0, 0.05) is 5.56 Å². The third-order valence-corrected chi connectivity index (χ3v) is 2.90. The fraction of sp³-hybridized carbons (Fsp3) is 0.214. The van der Waals surface area contributed by atoms with E-state index in [9.17, 15) is 15.0 Å². The average Bonchev–Trinajstić information content (AvgIpc) is 2.28. The van der Waals surface area contributed by atoms with Gasteiger partial charge in [-0.2, -0.15) is 0 Å². The molecule has 0 radical (unpaired) electrons. The number of aliphatic hydroxyl groups is 2. The van der Waals surface area contributed by atoms with Gasteiger partial charge in [0.05, 0.1) is 5.60 Å². The van der Waals surface area contributed by atoms with Gasteiger partial charge in [0.1, 0.15) is 11.7 Å². The topological polar surface area (TPSA) is 57.5 Å². The Hall–Kier alpha value is -1.87. The molecule has 1 aliphatic rings. The van der Waals surface area contributed by atoms with Gasteiger partial charge in [-0.05, 0) is 13.0 Å². The van der Waals surface area contributed by atoms with Gasteiger partial charge < -0.3 is 10.2 Å². The molecule has 3 heteroatoms. The number of hydrogen-bond donors (Lipinski definition) is 2. The Labute approximate surface area is 99.7 Å². The van der Waals surface area contributed by atoms with E-state index in [4.69, 9.17) is 0 Å². The number of ketones is 1. The normalized spacial score (nSPS) is 27.6. The van der Waals surface area contributed by atoms with E-state index in [1.54, 1.807) is 30.3 Å². The molecule has 17 heavy (non-hydrogen) atoms. The van der Waals surface area contributed by atoms with E-state index in [1.165, 1.54) is 19.1 Å². The van der Waals surface area contributed by atoms with Crippen LogP contribution in [-0.2, 0) is 0 Å². The second-order valence-corrected chi connectivity index (χ2v) is 4.34. The van der Waals surface area contributed by atoms with Crippen molar-refractivity contribution < 1.29 is 15.0 Å². The summed E-state index contributed by atoms with van der Waals surface area (Å²) in [5, 5.41) is 19.9. The zero-order valence-corrected chi connectivity index (χ0v) is 9.50. The van der Waals surface area contributed by atoms with Crippen LogP contribution in [0.25, 0.3) is 0 Å². The summed E-state index contributed by atoms with van der Waals surface area (Å²) in [5.74, 6) is -1.32. The summed E-state index contributed by atoms with van der Waals surface area (Å²) in [6.07, 6.45) is 4.49. The van der Waals surface area contributed by atoms with E-state index in [1.807, 2.05) is 6.07 Å². The van der Waals surface area contributed by atoms with Crippen LogP contribution in [0.1, 0.15) is 17.3 Å². The zero-order chi connectivity index (χ0) is 12.5. The molecule has 0 saturated heterocycles. The molecule has 0 spiro atoms. The Morgan fingerprint density at radius 2 is 1.94 bits per heavy atom. The highest BCUT2D eigenvalue weighted by Crippen LogP contribution is 2.31. The monoisotopic (exact) mass is 230 g/mol. The molecule has 0 heterocycles. The van der Waals surface area contributed by atoms with Gasteiger partial charge in [-0.15, -0.1) is 0 Å². The Morgan fingerprint density at radius 3 is 2.53 bits per heavy atom. The van der Waals surface area contributed by atoms with Gasteiger partial charge in [-0.1, -0.05) is 42.5 Å². The maximum atomic E-state index is 12.2. The van der Waals surface area contributed by atoms with Gasteiger partial charge >= 0.3 is 0 Å². The van der Waals surface area contributed by atoms with Crippen LogP contribution in [-0.4, -0.2) is 21.6 Å². The number of benzene rings is 1. The summed E-state index contributed by atoms with van der Waals surface area (Å²) in [5.41, 5.74) is -0.876. The van der Waals surface area contributed by atoms with Gasteiger partial charge in [-0.3, -0.25) is 4.79 Å². The number of aliphatic hydroxyl groups excluding tert-OH is 1. The third-order valence-electron chi connectivity index (χ3n) is 2.90. The standard InChI is InChI=1S/C14H14O3/c1-14(17)9-5-8-11(15)12(14)13(16)10-6-3-2-4-7-10/h2-9,12,15,17H,1H3/t12-,14+/m0/s1. The summed E-state index contributed by atoms with van der Waals surface area (Å²) >= 11 is 0. The third kappa shape index (κ3) is 2.15. The van der Waals surface area contributed by atoms with Crippen LogP contribution < -0.4 is 0 Å². The van der Waals surface area contributed by atoms with Crippen molar-refractivity contribution in [2.24, 2.45) is 5.92 Å². The number of hydrogen-bond acceptors (Lipinski definition) is 3. The summed E-state index contributed by atoms with van der Waals surface area (Å²) < 4.78 is 0. The summed E-state index contributed by atoms with van der Waals surface area (Å²) in [7, 11) is 0. The predicted molar refractivity (Wildman–Crippen MR) is 64.7 cm³/mol. The minimum absolute atomic E-state index is 0.105. The highest BCUT2D eigenvalue weighted by Gasteiger charge is 2.40. The van der Waals surface area contributed by atoms with Gasteiger partial charge in [0.25, 0.3) is 0 Å². The van der Waals surface area contributed by atoms with E-state index >= 15 is 0 Å². The van der Waals surface area contributed by atoms with Crippen molar-refractivity contribution in [1.29, 1.82) is 0 Å². The molecule has 0 unspecified atom stereocenters. The van der Waals surface area contributed by atoms with Crippen LogP contribution in [0.3, 0.4) is 0 Å². The molecule has 0 fully saturated rings. The van der Waals surface area contributed by atoms with E-state index in [2.05, 4.69) is 0 Å². The number of carbonyl (C=O) groups excluding carboxylic acids is 1. The van der Waals surface area contributed by atoms with Crippen LogP contribution >= 0.6 is 0 Å². The maximum Gasteiger partial charge on any atom is 0.176 e. The molecule has 3 nitrogen and oxygen atoms in total. The quantitative estimate of drug-likeness (QED) is 0.766. The van der Waals surface area contributed by atoms with Crippen molar-refractivity contribution >= 4 is 5.78 Å². The lowest BCUT2D eigenvalue weighted by atomic mass is 9.79. The van der Waals surface area contributed by atoms with Crippen molar-refractivity contribution in [2.75, 3.05) is 0 Å². The molecule has 1 aromatic carbocycles. The van der Waals surface area contributed by atoms with Gasteiger partial charge in [0.2, 0.25) is 0 Å². The lowest BCUT2D eigenvalue weighted by molar-refractivity contribution is 0.0366. The molecule has 0 saturated carbocycles. The number of carbonyl (C=O) groups is 1. The molecule has 2 N–H and O–H groups in total. The van der Waals surface area contributed by atoms with Crippen molar-refractivity contribution in [3.8, 4) is 0 Å².